The number of carbonyl (C=O) groups is 1. The number of carbonyl (C=O) groups excluding carboxylic acids is 1. The number of H-pyrrole nitrogens is 1. The Hall–Kier alpha value is -1.69. The van der Waals surface area contributed by atoms with Crippen LogP contribution >= 0.6 is 0 Å². The molecule has 0 unspecified atom stereocenters. The molecular formula is C14H21N3O3. The second kappa shape index (κ2) is 6.17. The fourth-order valence-corrected chi connectivity index (χ4v) is 2.79. The van der Waals surface area contributed by atoms with Crippen LogP contribution in [0.5, 0.6) is 0 Å². The zero-order valence-corrected chi connectivity index (χ0v) is 12.0. The highest BCUT2D eigenvalue weighted by Gasteiger charge is 2.23. The van der Waals surface area contributed by atoms with Gasteiger partial charge in [-0.15, -0.1) is 0 Å². The first-order valence-corrected chi connectivity index (χ1v) is 7.12. The van der Waals surface area contributed by atoms with Gasteiger partial charge in [-0.25, -0.2) is 4.79 Å². The van der Waals surface area contributed by atoms with E-state index in [1.54, 1.807) is 0 Å². The van der Waals surface area contributed by atoms with Crippen molar-refractivity contribution >= 4 is 5.78 Å². The Balaban J connectivity index is 2.26. The molecule has 1 N–H and O–H groups in total. The Morgan fingerprint density at radius 3 is 2.55 bits per heavy atom. The monoisotopic (exact) mass is 279 g/mol. The van der Waals surface area contributed by atoms with Crippen LogP contribution in [-0.2, 0) is 0 Å². The lowest BCUT2D eigenvalue weighted by Gasteiger charge is -2.32. The minimum absolute atomic E-state index is 0.0561. The van der Waals surface area contributed by atoms with Gasteiger partial charge in [0.15, 0.2) is 5.78 Å². The molecule has 1 aromatic heterocycles. The number of nitrogens with one attached hydrogen (secondary N) is 1. The van der Waals surface area contributed by atoms with Crippen LogP contribution in [0.3, 0.4) is 0 Å². The molecule has 0 atom stereocenters. The fourth-order valence-electron chi connectivity index (χ4n) is 2.79. The molecule has 1 aliphatic rings. The van der Waals surface area contributed by atoms with Crippen LogP contribution in [0.25, 0.3) is 0 Å². The van der Waals surface area contributed by atoms with Crippen molar-refractivity contribution in [2.45, 2.75) is 39.2 Å². The van der Waals surface area contributed by atoms with Gasteiger partial charge in [0.2, 0.25) is 0 Å². The Labute approximate surface area is 117 Å². The van der Waals surface area contributed by atoms with E-state index in [0.717, 1.165) is 38.9 Å². The van der Waals surface area contributed by atoms with Crippen molar-refractivity contribution in [3.63, 3.8) is 0 Å². The fraction of sp³-hybridized carbons (Fsp3) is 0.643. The molecule has 2 heterocycles. The molecule has 6 nitrogen and oxygen atoms in total. The number of nitrogens with zero attached hydrogens (tertiary/aromatic N) is 2. The van der Waals surface area contributed by atoms with Crippen molar-refractivity contribution in [3.05, 3.63) is 32.6 Å². The van der Waals surface area contributed by atoms with E-state index in [2.05, 4.69) is 16.8 Å². The maximum atomic E-state index is 12.2. The summed E-state index contributed by atoms with van der Waals surface area (Å²) in [5, 5.41) is 0. The summed E-state index contributed by atoms with van der Waals surface area (Å²) in [7, 11) is 0. The van der Waals surface area contributed by atoms with Gasteiger partial charge < -0.3 is 9.88 Å². The summed E-state index contributed by atoms with van der Waals surface area (Å²) >= 11 is 0. The van der Waals surface area contributed by atoms with Gasteiger partial charge in [0.1, 0.15) is 0 Å². The van der Waals surface area contributed by atoms with Crippen molar-refractivity contribution in [1.29, 1.82) is 0 Å². The molecule has 6 heteroatoms. The maximum absolute atomic E-state index is 12.2. The SMILES string of the molecule is CCCN1CCC(n2c(=O)[nH]cc(C(C)=O)c2=O)CC1. The first-order chi connectivity index (χ1) is 9.54. The standard InChI is InChI=1S/C14H21N3O3/c1-3-6-16-7-4-11(5-8-16)17-13(19)12(10(2)18)9-15-14(17)20/h9,11H,3-8H2,1-2H3,(H,15,20). The summed E-state index contributed by atoms with van der Waals surface area (Å²) < 4.78 is 1.22. The topological polar surface area (TPSA) is 75.2 Å². The van der Waals surface area contributed by atoms with E-state index in [-0.39, 0.29) is 17.4 Å². The molecule has 0 radical (unpaired) electrons. The van der Waals surface area contributed by atoms with E-state index >= 15 is 0 Å². The van der Waals surface area contributed by atoms with Crippen LogP contribution in [0.2, 0.25) is 0 Å². The van der Waals surface area contributed by atoms with E-state index in [9.17, 15) is 14.4 Å². The summed E-state index contributed by atoms with van der Waals surface area (Å²) in [5.74, 6) is -0.316. The highest BCUT2D eigenvalue weighted by molar-refractivity contribution is 5.93. The number of aromatic amines is 1. The number of hydrogen-bond acceptors (Lipinski definition) is 4. The molecule has 20 heavy (non-hydrogen) atoms. The highest BCUT2D eigenvalue weighted by atomic mass is 16.2. The molecule has 0 spiro atoms. The smallest absolute Gasteiger partial charge is 0.313 e. The molecule has 1 aliphatic heterocycles. The minimum atomic E-state index is -0.463. The molecule has 0 saturated carbocycles. The first-order valence-electron chi connectivity index (χ1n) is 7.12. The van der Waals surface area contributed by atoms with Gasteiger partial charge in [0.25, 0.3) is 5.56 Å². The lowest BCUT2D eigenvalue weighted by atomic mass is 10.0. The molecule has 1 saturated heterocycles. The largest absolute Gasteiger partial charge is 0.328 e. The number of piperidine rings is 1. The normalized spacial score (nSPS) is 17.3. The van der Waals surface area contributed by atoms with Gasteiger partial charge >= 0.3 is 5.69 Å². The molecule has 2 rings (SSSR count). The molecule has 0 bridgehead atoms. The third-order valence-electron chi connectivity index (χ3n) is 3.85. The second-order valence-electron chi connectivity index (χ2n) is 5.31. The van der Waals surface area contributed by atoms with Crippen molar-refractivity contribution in [2.75, 3.05) is 19.6 Å². The van der Waals surface area contributed by atoms with E-state index in [1.807, 2.05) is 0 Å². The van der Waals surface area contributed by atoms with Crippen molar-refractivity contribution in [2.24, 2.45) is 0 Å². The summed E-state index contributed by atoms with van der Waals surface area (Å²) in [5.41, 5.74) is -0.829. The molecule has 110 valence electrons. The third kappa shape index (κ3) is 2.90. The summed E-state index contributed by atoms with van der Waals surface area (Å²) in [4.78, 5) is 40.4. The number of hydrogen-bond donors (Lipinski definition) is 1. The van der Waals surface area contributed by atoms with Crippen LogP contribution in [0.4, 0.5) is 0 Å². The van der Waals surface area contributed by atoms with Crippen molar-refractivity contribution in [3.8, 4) is 0 Å². The van der Waals surface area contributed by atoms with Gasteiger partial charge in [-0.2, -0.15) is 0 Å². The van der Waals surface area contributed by atoms with Gasteiger partial charge in [-0.3, -0.25) is 14.2 Å². The van der Waals surface area contributed by atoms with E-state index in [4.69, 9.17) is 0 Å². The first kappa shape index (κ1) is 14.7. The number of Topliss-reactive ketones (excluding diaryl/α,β-unsaturated/α-hetero) is 1. The Bertz CT molecular complexity index is 594. The lowest BCUT2D eigenvalue weighted by Crippen LogP contribution is -2.44. The molecule has 0 aromatic carbocycles. The Morgan fingerprint density at radius 2 is 2.00 bits per heavy atom. The average molecular weight is 279 g/mol. The zero-order chi connectivity index (χ0) is 14.7. The quantitative estimate of drug-likeness (QED) is 0.827. The van der Waals surface area contributed by atoms with Crippen LogP contribution < -0.4 is 11.2 Å². The van der Waals surface area contributed by atoms with E-state index in [0.29, 0.717) is 0 Å². The van der Waals surface area contributed by atoms with Crippen molar-refractivity contribution < 1.29 is 4.79 Å². The molecular weight excluding hydrogens is 258 g/mol. The summed E-state index contributed by atoms with van der Waals surface area (Å²) in [6, 6.07) is -0.112. The summed E-state index contributed by atoms with van der Waals surface area (Å²) in [6.07, 6.45) is 3.86. The Kier molecular flexibility index (Phi) is 4.54. The number of ketones is 1. The second-order valence-corrected chi connectivity index (χ2v) is 5.31. The third-order valence-corrected chi connectivity index (χ3v) is 3.85. The van der Waals surface area contributed by atoms with Gasteiger partial charge in [0.05, 0.1) is 5.56 Å². The average Bonchev–Trinajstić information content (AvgIpc) is 2.40. The van der Waals surface area contributed by atoms with Crippen molar-refractivity contribution in [1.82, 2.24) is 14.5 Å². The van der Waals surface area contributed by atoms with Crippen LogP contribution in [0.15, 0.2) is 15.8 Å². The van der Waals surface area contributed by atoms with Crippen LogP contribution in [0, 0.1) is 0 Å². The Morgan fingerprint density at radius 1 is 1.35 bits per heavy atom. The van der Waals surface area contributed by atoms with Crippen LogP contribution in [0.1, 0.15) is 49.5 Å². The zero-order valence-electron chi connectivity index (χ0n) is 12.0. The molecule has 1 fully saturated rings. The highest BCUT2D eigenvalue weighted by Crippen LogP contribution is 2.19. The predicted molar refractivity (Wildman–Crippen MR) is 76.3 cm³/mol. The maximum Gasteiger partial charge on any atom is 0.328 e. The van der Waals surface area contributed by atoms with Gasteiger partial charge in [-0.1, -0.05) is 6.92 Å². The lowest BCUT2D eigenvalue weighted by molar-refractivity contribution is 0.101. The summed E-state index contributed by atoms with van der Waals surface area (Å²) in [6.45, 7) is 6.29. The van der Waals surface area contributed by atoms with Crippen LogP contribution in [-0.4, -0.2) is 39.9 Å². The molecule has 0 aliphatic carbocycles. The van der Waals surface area contributed by atoms with Gasteiger partial charge in [-0.05, 0) is 32.7 Å². The van der Waals surface area contributed by atoms with E-state index < -0.39 is 11.2 Å². The molecule has 1 aromatic rings. The number of likely N-dealkylation sites (tertiary alicyclic amines) is 1. The van der Waals surface area contributed by atoms with E-state index in [1.165, 1.54) is 17.7 Å². The van der Waals surface area contributed by atoms with Gasteiger partial charge in [0, 0.05) is 25.3 Å². The minimum Gasteiger partial charge on any atom is -0.313 e. The number of rotatable bonds is 4. The number of aromatic nitrogens is 2. The molecule has 0 amide bonds. The predicted octanol–water partition coefficient (Wildman–Crippen LogP) is 0.786.